The lowest BCUT2D eigenvalue weighted by molar-refractivity contribution is 0.461. The maximum absolute atomic E-state index is 14.2. The standard InChI is InChI=1S/C25H23ClFN3O2S/c1-18-6-2-3-7-20(18)16-30(21-11-10-19(15-28)23(26)14-21)22-12-13-29(17-22)33(31,32)25-9-5-4-8-24(25)27/h2-11,14,22H,12-13,16-17H2,1H3/t22-/m0/s1. The van der Waals surface area contributed by atoms with Crippen molar-refractivity contribution < 1.29 is 12.8 Å². The molecule has 0 aliphatic carbocycles. The Kier molecular flexibility index (Phi) is 6.71. The zero-order valence-corrected chi connectivity index (χ0v) is 19.7. The van der Waals surface area contributed by atoms with Crippen molar-refractivity contribution in [1.82, 2.24) is 4.31 Å². The Hall–Kier alpha value is -2.92. The predicted octanol–water partition coefficient (Wildman–Crippen LogP) is 5.13. The Morgan fingerprint density at radius 1 is 1.15 bits per heavy atom. The molecule has 33 heavy (non-hydrogen) atoms. The molecule has 0 amide bonds. The first kappa shape index (κ1) is 23.2. The van der Waals surface area contributed by atoms with Crippen molar-refractivity contribution >= 4 is 27.3 Å². The number of halogens is 2. The Morgan fingerprint density at radius 3 is 2.58 bits per heavy atom. The number of hydrogen-bond donors (Lipinski definition) is 0. The lowest BCUT2D eigenvalue weighted by atomic mass is 10.1. The van der Waals surface area contributed by atoms with Crippen LogP contribution in [0.1, 0.15) is 23.1 Å². The first-order valence-corrected chi connectivity index (χ1v) is 12.4. The van der Waals surface area contributed by atoms with Crippen molar-refractivity contribution in [2.24, 2.45) is 0 Å². The van der Waals surface area contributed by atoms with Crippen LogP contribution < -0.4 is 4.90 Å². The van der Waals surface area contributed by atoms with Crippen LogP contribution in [0.3, 0.4) is 0 Å². The highest BCUT2D eigenvalue weighted by Crippen LogP contribution is 2.32. The topological polar surface area (TPSA) is 64.4 Å². The van der Waals surface area contributed by atoms with E-state index in [1.54, 1.807) is 12.1 Å². The number of aryl methyl sites for hydroxylation is 1. The normalized spacial score (nSPS) is 16.5. The van der Waals surface area contributed by atoms with E-state index in [4.69, 9.17) is 11.6 Å². The van der Waals surface area contributed by atoms with E-state index in [1.165, 1.54) is 22.5 Å². The van der Waals surface area contributed by atoms with E-state index in [9.17, 15) is 18.1 Å². The van der Waals surface area contributed by atoms with Crippen LogP contribution in [-0.2, 0) is 16.6 Å². The number of sulfonamides is 1. The zero-order chi connectivity index (χ0) is 23.6. The minimum atomic E-state index is -3.96. The molecule has 170 valence electrons. The summed E-state index contributed by atoms with van der Waals surface area (Å²) in [6.45, 7) is 3.09. The second-order valence-electron chi connectivity index (χ2n) is 8.07. The van der Waals surface area contributed by atoms with Gasteiger partial charge in [-0.05, 0) is 54.8 Å². The third-order valence-electron chi connectivity index (χ3n) is 6.03. The maximum atomic E-state index is 14.2. The fraction of sp³-hybridized carbons (Fsp3) is 0.240. The summed E-state index contributed by atoms with van der Waals surface area (Å²) in [6, 6.07) is 20.6. The molecule has 1 fully saturated rings. The van der Waals surface area contributed by atoms with Gasteiger partial charge in [0.05, 0.1) is 10.6 Å². The third-order valence-corrected chi connectivity index (χ3v) is 8.24. The highest BCUT2D eigenvalue weighted by molar-refractivity contribution is 7.89. The van der Waals surface area contributed by atoms with Crippen LogP contribution in [0.4, 0.5) is 10.1 Å². The van der Waals surface area contributed by atoms with Gasteiger partial charge >= 0.3 is 0 Å². The molecule has 1 aliphatic rings. The van der Waals surface area contributed by atoms with Crippen LogP contribution in [0.15, 0.2) is 71.6 Å². The van der Waals surface area contributed by atoms with Gasteiger partial charge in [0.2, 0.25) is 10.0 Å². The minimum Gasteiger partial charge on any atom is -0.363 e. The molecule has 1 atom stereocenters. The Balaban J connectivity index is 1.67. The van der Waals surface area contributed by atoms with Crippen molar-refractivity contribution in [2.75, 3.05) is 18.0 Å². The van der Waals surface area contributed by atoms with Gasteiger partial charge in [-0.3, -0.25) is 0 Å². The van der Waals surface area contributed by atoms with E-state index >= 15 is 0 Å². The Labute approximate surface area is 198 Å². The summed E-state index contributed by atoms with van der Waals surface area (Å²) in [4.78, 5) is 1.81. The molecule has 4 rings (SSSR count). The van der Waals surface area contributed by atoms with Crippen LogP contribution in [0.5, 0.6) is 0 Å². The summed E-state index contributed by atoms with van der Waals surface area (Å²) in [5.41, 5.74) is 3.41. The lowest BCUT2D eigenvalue weighted by Crippen LogP contribution is -2.39. The third kappa shape index (κ3) is 4.74. The highest BCUT2D eigenvalue weighted by Gasteiger charge is 2.36. The van der Waals surface area contributed by atoms with Crippen molar-refractivity contribution in [3.05, 3.63) is 94.3 Å². The first-order valence-electron chi connectivity index (χ1n) is 10.6. The molecule has 0 unspecified atom stereocenters. The van der Waals surface area contributed by atoms with E-state index in [0.717, 1.165) is 22.9 Å². The summed E-state index contributed by atoms with van der Waals surface area (Å²) in [6.07, 6.45) is 0.581. The zero-order valence-electron chi connectivity index (χ0n) is 18.1. The summed E-state index contributed by atoms with van der Waals surface area (Å²) in [5.74, 6) is -0.753. The van der Waals surface area contributed by atoms with E-state index in [2.05, 4.69) is 11.0 Å². The molecule has 0 N–H and O–H groups in total. The van der Waals surface area contributed by atoms with Gasteiger partial charge in [0.25, 0.3) is 0 Å². The summed E-state index contributed by atoms with van der Waals surface area (Å²) < 4.78 is 41.8. The molecule has 0 spiro atoms. The smallest absolute Gasteiger partial charge is 0.246 e. The summed E-state index contributed by atoms with van der Waals surface area (Å²) in [7, 11) is -3.96. The van der Waals surface area contributed by atoms with Crippen molar-refractivity contribution in [1.29, 1.82) is 5.26 Å². The number of hydrogen-bond acceptors (Lipinski definition) is 4. The van der Waals surface area contributed by atoms with Crippen molar-refractivity contribution in [2.45, 2.75) is 30.8 Å². The molecule has 3 aromatic carbocycles. The van der Waals surface area contributed by atoms with Gasteiger partial charge in [-0.1, -0.05) is 48.0 Å². The Bertz CT molecular complexity index is 1320. The van der Waals surface area contributed by atoms with Crippen LogP contribution in [-0.4, -0.2) is 31.9 Å². The van der Waals surface area contributed by atoms with Gasteiger partial charge in [0.15, 0.2) is 0 Å². The number of anilines is 1. The van der Waals surface area contributed by atoms with E-state index in [0.29, 0.717) is 23.6 Å². The molecule has 0 saturated carbocycles. The highest BCUT2D eigenvalue weighted by atomic mass is 35.5. The molecule has 1 aliphatic heterocycles. The summed E-state index contributed by atoms with van der Waals surface area (Å²) >= 11 is 6.32. The van der Waals surface area contributed by atoms with Crippen molar-refractivity contribution in [3.8, 4) is 6.07 Å². The van der Waals surface area contributed by atoms with Crippen LogP contribution >= 0.6 is 11.6 Å². The van der Waals surface area contributed by atoms with Crippen molar-refractivity contribution in [3.63, 3.8) is 0 Å². The van der Waals surface area contributed by atoms with E-state index in [-0.39, 0.29) is 24.0 Å². The summed E-state index contributed by atoms with van der Waals surface area (Å²) in [5, 5.41) is 9.58. The van der Waals surface area contributed by atoms with Gasteiger partial charge in [-0.2, -0.15) is 9.57 Å². The molecular weight excluding hydrogens is 461 g/mol. The monoisotopic (exact) mass is 483 g/mol. The predicted molar refractivity (Wildman–Crippen MR) is 127 cm³/mol. The van der Waals surface area contributed by atoms with E-state index in [1.807, 2.05) is 37.3 Å². The number of benzene rings is 3. The fourth-order valence-corrected chi connectivity index (χ4v) is 5.93. The molecular formula is C25H23ClFN3O2S. The minimum absolute atomic E-state index is 0.143. The molecule has 1 heterocycles. The van der Waals surface area contributed by atoms with E-state index < -0.39 is 15.8 Å². The molecule has 1 saturated heterocycles. The molecule has 0 aromatic heterocycles. The maximum Gasteiger partial charge on any atom is 0.246 e. The van der Waals surface area contributed by atoms with Crippen LogP contribution in [0.2, 0.25) is 5.02 Å². The average Bonchev–Trinajstić information content (AvgIpc) is 3.29. The molecule has 8 heteroatoms. The van der Waals surface area contributed by atoms with Crippen LogP contribution in [0.25, 0.3) is 0 Å². The number of nitrogens with zero attached hydrogens (tertiary/aromatic N) is 3. The molecule has 0 bridgehead atoms. The quantitative estimate of drug-likeness (QED) is 0.487. The number of rotatable bonds is 6. The Morgan fingerprint density at radius 2 is 1.88 bits per heavy atom. The lowest BCUT2D eigenvalue weighted by Gasteiger charge is -2.32. The van der Waals surface area contributed by atoms with Gasteiger partial charge in [0, 0.05) is 31.4 Å². The average molecular weight is 484 g/mol. The van der Waals surface area contributed by atoms with Gasteiger partial charge in [0.1, 0.15) is 16.8 Å². The second-order valence-corrected chi connectivity index (χ2v) is 10.4. The van der Waals surface area contributed by atoms with Crippen LogP contribution in [0, 0.1) is 24.1 Å². The first-order chi connectivity index (χ1) is 15.8. The van der Waals surface area contributed by atoms with Gasteiger partial charge in [-0.25, -0.2) is 12.8 Å². The fourth-order valence-electron chi connectivity index (χ4n) is 4.15. The molecule has 0 radical (unpaired) electrons. The molecule has 3 aromatic rings. The largest absolute Gasteiger partial charge is 0.363 e. The number of nitriles is 1. The van der Waals surface area contributed by atoms with Gasteiger partial charge < -0.3 is 4.90 Å². The second kappa shape index (κ2) is 9.52. The van der Waals surface area contributed by atoms with Gasteiger partial charge in [-0.15, -0.1) is 0 Å². The SMILES string of the molecule is Cc1ccccc1CN(c1ccc(C#N)c(Cl)c1)[C@H]1CCN(S(=O)(=O)c2ccccc2F)C1. The molecule has 5 nitrogen and oxygen atoms in total.